The topological polar surface area (TPSA) is 53.5 Å². The van der Waals surface area contributed by atoms with Crippen LogP contribution in [0, 0.1) is 0 Å². The fourth-order valence-electron chi connectivity index (χ4n) is 4.03. The van der Waals surface area contributed by atoms with E-state index in [1.54, 1.807) is 34.1 Å². The summed E-state index contributed by atoms with van der Waals surface area (Å²) in [4.78, 5) is 35.1. The number of rotatable bonds is 4. The first kappa shape index (κ1) is 17.1. The van der Waals surface area contributed by atoms with E-state index >= 15 is 0 Å². The van der Waals surface area contributed by atoms with Crippen LogP contribution in [0.5, 0.6) is 0 Å². The zero-order valence-electron chi connectivity index (χ0n) is 14.5. The minimum atomic E-state index is -0.383. The monoisotopic (exact) mass is 377 g/mol. The summed E-state index contributed by atoms with van der Waals surface area (Å²) in [7, 11) is 0. The number of thiazole rings is 1. The molecule has 7 heteroatoms. The van der Waals surface area contributed by atoms with Crippen molar-refractivity contribution in [2.24, 2.45) is 0 Å². The fraction of sp³-hybridized carbons (Fsp3) is 0.611. The van der Waals surface area contributed by atoms with Gasteiger partial charge in [0.1, 0.15) is 6.04 Å². The number of aromatic nitrogens is 1. The lowest BCUT2D eigenvalue weighted by Gasteiger charge is -2.32. The maximum absolute atomic E-state index is 13.3. The summed E-state index contributed by atoms with van der Waals surface area (Å²) in [5.74, 6) is 0.750. The molecular formula is C18H23N3O2S2. The van der Waals surface area contributed by atoms with Crippen molar-refractivity contribution >= 4 is 40.0 Å². The number of aryl methyl sites for hydroxylation is 2. The smallest absolute Gasteiger partial charge is 0.252 e. The molecule has 0 saturated carbocycles. The molecule has 25 heavy (non-hydrogen) atoms. The van der Waals surface area contributed by atoms with Gasteiger partial charge in [0.15, 0.2) is 5.13 Å². The van der Waals surface area contributed by atoms with E-state index in [1.807, 2.05) is 4.90 Å². The number of carbonyl (C=O) groups excluding carboxylic acids is 2. The van der Waals surface area contributed by atoms with Gasteiger partial charge in [0.05, 0.1) is 10.6 Å². The molecule has 2 atom stereocenters. The second kappa shape index (κ2) is 6.43. The second-order valence-corrected chi connectivity index (χ2v) is 9.64. The van der Waals surface area contributed by atoms with Gasteiger partial charge in [-0.05, 0) is 39.0 Å². The molecule has 0 aromatic carbocycles. The summed E-state index contributed by atoms with van der Waals surface area (Å²) >= 11 is 3.36. The van der Waals surface area contributed by atoms with Crippen LogP contribution in [0.3, 0.4) is 0 Å². The SMILES string of the molecule is C=CCN(C(=O)[C@@H]1CS[C@]2(C)CCC(=O)N12)c1nc2c(s1)CCCC2. The summed E-state index contributed by atoms with van der Waals surface area (Å²) in [5, 5.41) is 0.766. The molecule has 0 radical (unpaired) electrons. The molecule has 1 aliphatic carbocycles. The average Bonchev–Trinajstić information content (AvgIpc) is 3.25. The van der Waals surface area contributed by atoms with E-state index in [-0.39, 0.29) is 22.7 Å². The van der Waals surface area contributed by atoms with Crippen LogP contribution in [0.25, 0.3) is 0 Å². The van der Waals surface area contributed by atoms with E-state index < -0.39 is 0 Å². The second-order valence-electron chi connectivity index (χ2n) is 7.08. The van der Waals surface area contributed by atoms with E-state index in [2.05, 4.69) is 13.5 Å². The summed E-state index contributed by atoms with van der Waals surface area (Å²) < 4.78 is 0. The molecule has 1 aromatic heterocycles. The molecule has 3 aliphatic rings. The molecule has 0 unspecified atom stereocenters. The lowest BCUT2D eigenvalue weighted by Crippen LogP contribution is -2.51. The highest BCUT2D eigenvalue weighted by Crippen LogP contribution is 2.47. The Kier molecular flexibility index (Phi) is 4.40. The summed E-state index contributed by atoms with van der Waals surface area (Å²) in [6.07, 6.45) is 7.55. The predicted molar refractivity (Wildman–Crippen MR) is 102 cm³/mol. The van der Waals surface area contributed by atoms with Crippen LogP contribution in [0.15, 0.2) is 12.7 Å². The number of thioether (sulfide) groups is 1. The molecule has 2 fully saturated rings. The molecule has 4 rings (SSSR count). The number of anilines is 1. The van der Waals surface area contributed by atoms with Gasteiger partial charge in [0.2, 0.25) is 5.91 Å². The third-order valence-corrected chi connectivity index (χ3v) is 8.06. The molecule has 5 nitrogen and oxygen atoms in total. The molecule has 1 aromatic rings. The molecule has 0 bridgehead atoms. The van der Waals surface area contributed by atoms with Gasteiger partial charge in [-0.2, -0.15) is 0 Å². The third-order valence-electron chi connectivity index (χ3n) is 5.37. The van der Waals surface area contributed by atoms with Crippen molar-refractivity contribution in [1.82, 2.24) is 9.88 Å². The van der Waals surface area contributed by atoms with Gasteiger partial charge in [0, 0.05) is 23.6 Å². The molecule has 0 spiro atoms. The standard InChI is InChI=1S/C18H23N3O2S2/c1-3-10-20(17-19-12-6-4-5-7-14(12)25-17)16(23)13-11-24-18(2)9-8-15(22)21(13)18/h3,13H,1,4-11H2,2H3/t13-,18+/m0/s1. The fourth-order valence-corrected chi connectivity index (χ4v) is 6.61. The Morgan fingerprint density at radius 1 is 1.44 bits per heavy atom. The van der Waals surface area contributed by atoms with Crippen molar-refractivity contribution in [2.75, 3.05) is 17.2 Å². The van der Waals surface area contributed by atoms with Crippen LogP contribution >= 0.6 is 23.1 Å². The number of carbonyl (C=O) groups is 2. The first-order chi connectivity index (χ1) is 12.0. The number of amides is 2. The Bertz CT molecular complexity index is 708. The van der Waals surface area contributed by atoms with Crippen molar-refractivity contribution in [3.8, 4) is 0 Å². The quantitative estimate of drug-likeness (QED) is 0.757. The minimum absolute atomic E-state index is 0.0162. The largest absolute Gasteiger partial charge is 0.315 e. The van der Waals surface area contributed by atoms with Gasteiger partial charge in [-0.3, -0.25) is 14.5 Å². The number of nitrogens with zero attached hydrogens (tertiary/aromatic N) is 3. The van der Waals surface area contributed by atoms with Gasteiger partial charge in [-0.1, -0.05) is 6.08 Å². The van der Waals surface area contributed by atoms with Gasteiger partial charge < -0.3 is 4.90 Å². The Morgan fingerprint density at radius 3 is 3.00 bits per heavy atom. The van der Waals surface area contributed by atoms with Gasteiger partial charge in [-0.25, -0.2) is 4.98 Å². The molecule has 3 heterocycles. The number of hydrogen-bond acceptors (Lipinski definition) is 5. The Labute approximate surface area is 156 Å². The highest BCUT2D eigenvalue weighted by atomic mass is 32.2. The predicted octanol–water partition coefficient (Wildman–Crippen LogP) is 2.99. The molecular weight excluding hydrogens is 354 g/mol. The van der Waals surface area contributed by atoms with E-state index in [1.165, 1.54) is 17.7 Å². The average molecular weight is 378 g/mol. The first-order valence-corrected chi connectivity index (χ1v) is 10.7. The van der Waals surface area contributed by atoms with Crippen molar-refractivity contribution < 1.29 is 9.59 Å². The maximum atomic E-state index is 13.3. The van der Waals surface area contributed by atoms with Crippen LogP contribution in [0.1, 0.15) is 43.2 Å². The molecule has 2 amide bonds. The third kappa shape index (κ3) is 2.81. The normalized spacial score (nSPS) is 28.0. The lowest BCUT2D eigenvalue weighted by molar-refractivity contribution is -0.136. The van der Waals surface area contributed by atoms with Crippen LogP contribution < -0.4 is 4.90 Å². The van der Waals surface area contributed by atoms with Crippen molar-refractivity contribution in [3.05, 3.63) is 23.2 Å². The Balaban J connectivity index is 1.62. The lowest BCUT2D eigenvalue weighted by atomic mass is 10.0. The summed E-state index contributed by atoms with van der Waals surface area (Å²) in [5.41, 5.74) is 1.15. The summed E-state index contributed by atoms with van der Waals surface area (Å²) in [6.45, 7) is 6.32. The molecule has 2 saturated heterocycles. The maximum Gasteiger partial charge on any atom is 0.252 e. The number of hydrogen-bond donors (Lipinski definition) is 0. The van der Waals surface area contributed by atoms with Crippen LogP contribution in [0.4, 0.5) is 5.13 Å². The minimum Gasteiger partial charge on any atom is -0.315 e. The van der Waals surface area contributed by atoms with Crippen LogP contribution in [-0.4, -0.2) is 44.9 Å². The van der Waals surface area contributed by atoms with Crippen LogP contribution in [0.2, 0.25) is 0 Å². The molecule has 2 aliphatic heterocycles. The summed E-state index contributed by atoms with van der Waals surface area (Å²) in [6, 6.07) is -0.383. The highest BCUT2D eigenvalue weighted by molar-refractivity contribution is 8.01. The van der Waals surface area contributed by atoms with Gasteiger partial charge >= 0.3 is 0 Å². The van der Waals surface area contributed by atoms with E-state index in [0.29, 0.717) is 18.7 Å². The zero-order chi connectivity index (χ0) is 17.6. The van der Waals surface area contributed by atoms with E-state index in [9.17, 15) is 9.59 Å². The number of fused-ring (bicyclic) bond motifs is 2. The first-order valence-electron chi connectivity index (χ1n) is 8.90. The van der Waals surface area contributed by atoms with E-state index in [0.717, 1.165) is 30.1 Å². The highest BCUT2D eigenvalue weighted by Gasteiger charge is 2.53. The van der Waals surface area contributed by atoms with Crippen molar-refractivity contribution in [2.45, 2.75) is 56.4 Å². The Morgan fingerprint density at radius 2 is 2.24 bits per heavy atom. The van der Waals surface area contributed by atoms with Crippen molar-refractivity contribution in [3.63, 3.8) is 0 Å². The van der Waals surface area contributed by atoms with Crippen LogP contribution in [-0.2, 0) is 22.4 Å². The van der Waals surface area contributed by atoms with Crippen molar-refractivity contribution in [1.29, 1.82) is 0 Å². The molecule has 134 valence electrons. The van der Waals surface area contributed by atoms with E-state index in [4.69, 9.17) is 4.98 Å². The Hall–Kier alpha value is -1.34. The van der Waals surface area contributed by atoms with Gasteiger partial charge in [-0.15, -0.1) is 29.7 Å². The van der Waals surface area contributed by atoms with Gasteiger partial charge in [0.25, 0.3) is 5.91 Å². The molecule has 0 N–H and O–H groups in total. The zero-order valence-corrected chi connectivity index (χ0v) is 16.1.